The van der Waals surface area contributed by atoms with Crippen LogP contribution in [0, 0.1) is 12.8 Å². The summed E-state index contributed by atoms with van der Waals surface area (Å²) >= 11 is 0. The van der Waals surface area contributed by atoms with Crippen LogP contribution in [0.3, 0.4) is 0 Å². The molecule has 1 aliphatic heterocycles. The van der Waals surface area contributed by atoms with E-state index in [0.717, 1.165) is 24.2 Å². The standard InChI is InChI=1S/C18H26N4O3/c1-13-11-22-15(19-13)5-6-16(20-22)24-12-14-7-9-21(10-8-14)17(23)25-18(2,3)4/h5-6,11,14H,7-10,12H2,1-4H3. The van der Waals surface area contributed by atoms with Crippen LogP contribution >= 0.6 is 0 Å². The monoisotopic (exact) mass is 346 g/mol. The van der Waals surface area contributed by atoms with Gasteiger partial charge in [-0.2, -0.15) is 0 Å². The number of aryl methyl sites for hydroxylation is 1. The maximum absolute atomic E-state index is 12.1. The van der Waals surface area contributed by atoms with E-state index in [9.17, 15) is 4.79 Å². The summed E-state index contributed by atoms with van der Waals surface area (Å²) in [5.74, 6) is 1.01. The van der Waals surface area contributed by atoms with Crippen LogP contribution in [0.5, 0.6) is 5.88 Å². The molecular weight excluding hydrogens is 320 g/mol. The Hall–Kier alpha value is -2.31. The number of carbonyl (C=O) groups excluding carboxylic acids is 1. The second-order valence-electron chi connectivity index (χ2n) is 7.58. The van der Waals surface area contributed by atoms with E-state index < -0.39 is 5.60 Å². The number of piperidine rings is 1. The predicted molar refractivity (Wildman–Crippen MR) is 93.8 cm³/mol. The van der Waals surface area contributed by atoms with Crippen molar-refractivity contribution in [2.24, 2.45) is 5.92 Å². The van der Waals surface area contributed by atoms with Crippen LogP contribution in [0.2, 0.25) is 0 Å². The molecule has 1 saturated heterocycles. The molecule has 0 N–H and O–H groups in total. The Morgan fingerprint density at radius 3 is 2.68 bits per heavy atom. The third kappa shape index (κ3) is 4.61. The zero-order chi connectivity index (χ0) is 18.0. The zero-order valence-electron chi connectivity index (χ0n) is 15.4. The number of imidazole rings is 1. The van der Waals surface area contributed by atoms with Crippen LogP contribution in [0.1, 0.15) is 39.3 Å². The van der Waals surface area contributed by atoms with Gasteiger partial charge in [0.25, 0.3) is 0 Å². The molecule has 0 spiro atoms. The van der Waals surface area contributed by atoms with Crippen molar-refractivity contribution >= 4 is 11.7 Å². The SMILES string of the molecule is Cc1cn2nc(OCC3CCN(C(=O)OC(C)(C)C)CC3)ccc2n1. The van der Waals surface area contributed by atoms with Crippen LogP contribution in [0.15, 0.2) is 18.3 Å². The fourth-order valence-corrected chi connectivity index (χ4v) is 2.87. The lowest BCUT2D eigenvalue weighted by Crippen LogP contribution is -2.42. The smallest absolute Gasteiger partial charge is 0.410 e. The molecule has 0 radical (unpaired) electrons. The summed E-state index contributed by atoms with van der Waals surface area (Å²) in [5.41, 5.74) is 1.29. The van der Waals surface area contributed by atoms with Crippen molar-refractivity contribution < 1.29 is 14.3 Å². The van der Waals surface area contributed by atoms with Crippen molar-refractivity contribution in [2.75, 3.05) is 19.7 Å². The highest BCUT2D eigenvalue weighted by Crippen LogP contribution is 2.21. The van der Waals surface area contributed by atoms with Crippen molar-refractivity contribution in [3.63, 3.8) is 0 Å². The van der Waals surface area contributed by atoms with E-state index >= 15 is 0 Å². The summed E-state index contributed by atoms with van der Waals surface area (Å²) in [6.07, 6.45) is 3.47. The van der Waals surface area contributed by atoms with Gasteiger partial charge in [0.15, 0.2) is 5.65 Å². The van der Waals surface area contributed by atoms with Gasteiger partial charge < -0.3 is 14.4 Å². The molecule has 136 valence electrons. The van der Waals surface area contributed by atoms with E-state index in [4.69, 9.17) is 9.47 Å². The van der Waals surface area contributed by atoms with Gasteiger partial charge in [-0.15, -0.1) is 5.10 Å². The summed E-state index contributed by atoms with van der Waals surface area (Å²) in [4.78, 5) is 18.2. The third-order valence-electron chi connectivity index (χ3n) is 4.15. The number of aromatic nitrogens is 3. The Morgan fingerprint density at radius 2 is 2.00 bits per heavy atom. The van der Waals surface area contributed by atoms with Gasteiger partial charge in [0, 0.05) is 19.2 Å². The molecule has 1 aliphatic rings. The van der Waals surface area contributed by atoms with Crippen molar-refractivity contribution in [1.82, 2.24) is 19.5 Å². The summed E-state index contributed by atoms with van der Waals surface area (Å²) in [7, 11) is 0. The lowest BCUT2D eigenvalue weighted by Gasteiger charge is -2.33. The number of hydrogen-bond donors (Lipinski definition) is 0. The molecule has 1 fully saturated rings. The van der Waals surface area contributed by atoms with Gasteiger partial charge in [-0.25, -0.2) is 14.3 Å². The number of ether oxygens (including phenoxy) is 2. The van der Waals surface area contributed by atoms with E-state index in [0.29, 0.717) is 31.5 Å². The van der Waals surface area contributed by atoms with Crippen LogP contribution in [0.4, 0.5) is 4.79 Å². The molecule has 3 rings (SSSR count). The first-order chi connectivity index (χ1) is 11.8. The molecule has 7 nitrogen and oxygen atoms in total. The molecule has 0 aromatic carbocycles. The molecule has 7 heteroatoms. The number of fused-ring (bicyclic) bond motifs is 1. The number of hydrogen-bond acceptors (Lipinski definition) is 5. The van der Waals surface area contributed by atoms with Crippen molar-refractivity contribution in [3.05, 3.63) is 24.0 Å². The van der Waals surface area contributed by atoms with Crippen molar-refractivity contribution in [2.45, 2.75) is 46.1 Å². The third-order valence-corrected chi connectivity index (χ3v) is 4.15. The van der Waals surface area contributed by atoms with Gasteiger partial charge in [0.05, 0.1) is 18.5 Å². The Labute approximate surface area is 147 Å². The van der Waals surface area contributed by atoms with E-state index in [2.05, 4.69) is 10.1 Å². The quantitative estimate of drug-likeness (QED) is 0.854. The van der Waals surface area contributed by atoms with Gasteiger partial charge >= 0.3 is 6.09 Å². The van der Waals surface area contributed by atoms with Crippen LogP contribution < -0.4 is 4.74 Å². The second-order valence-corrected chi connectivity index (χ2v) is 7.58. The number of nitrogens with zero attached hydrogens (tertiary/aromatic N) is 4. The average molecular weight is 346 g/mol. The molecule has 1 amide bonds. The maximum atomic E-state index is 12.1. The molecule has 2 aromatic rings. The summed E-state index contributed by atoms with van der Waals surface area (Å²) < 4.78 is 13.0. The van der Waals surface area contributed by atoms with E-state index in [-0.39, 0.29) is 6.09 Å². The Balaban J connectivity index is 1.48. The van der Waals surface area contributed by atoms with E-state index in [1.807, 2.05) is 46.0 Å². The minimum atomic E-state index is -0.451. The fourth-order valence-electron chi connectivity index (χ4n) is 2.87. The highest BCUT2D eigenvalue weighted by Gasteiger charge is 2.27. The first-order valence-electron chi connectivity index (χ1n) is 8.74. The summed E-state index contributed by atoms with van der Waals surface area (Å²) in [6, 6.07) is 3.75. The average Bonchev–Trinajstić information content (AvgIpc) is 2.91. The normalized spacial score (nSPS) is 16.2. The fraction of sp³-hybridized carbons (Fsp3) is 0.611. The topological polar surface area (TPSA) is 69.0 Å². The molecule has 0 unspecified atom stereocenters. The second kappa shape index (κ2) is 6.90. The Bertz CT molecular complexity index is 742. The molecule has 3 heterocycles. The molecule has 25 heavy (non-hydrogen) atoms. The minimum absolute atomic E-state index is 0.227. The molecule has 0 aliphatic carbocycles. The van der Waals surface area contributed by atoms with Crippen LogP contribution in [-0.4, -0.2) is 50.9 Å². The number of likely N-dealkylation sites (tertiary alicyclic amines) is 1. The zero-order valence-corrected chi connectivity index (χ0v) is 15.4. The number of rotatable bonds is 3. The van der Waals surface area contributed by atoms with Gasteiger partial charge in [-0.05, 0) is 52.5 Å². The van der Waals surface area contributed by atoms with Gasteiger partial charge in [-0.3, -0.25) is 0 Å². The molecule has 0 atom stereocenters. The number of carbonyl (C=O) groups is 1. The van der Waals surface area contributed by atoms with Crippen molar-refractivity contribution in [3.8, 4) is 5.88 Å². The summed E-state index contributed by atoms with van der Waals surface area (Å²) in [5, 5.41) is 4.41. The minimum Gasteiger partial charge on any atom is -0.476 e. The highest BCUT2D eigenvalue weighted by atomic mass is 16.6. The number of amides is 1. The van der Waals surface area contributed by atoms with E-state index in [1.54, 1.807) is 9.42 Å². The molecule has 0 bridgehead atoms. The first-order valence-corrected chi connectivity index (χ1v) is 8.74. The highest BCUT2D eigenvalue weighted by molar-refractivity contribution is 5.68. The summed E-state index contributed by atoms with van der Waals surface area (Å²) in [6.45, 7) is 9.61. The Morgan fingerprint density at radius 1 is 1.28 bits per heavy atom. The predicted octanol–water partition coefficient (Wildman–Crippen LogP) is 3.06. The lowest BCUT2D eigenvalue weighted by atomic mass is 9.98. The largest absolute Gasteiger partial charge is 0.476 e. The Kier molecular flexibility index (Phi) is 4.83. The molecular formula is C18H26N4O3. The van der Waals surface area contributed by atoms with Crippen LogP contribution in [-0.2, 0) is 4.74 Å². The molecule has 0 saturated carbocycles. The molecule has 2 aromatic heterocycles. The van der Waals surface area contributed by atoms with E-state index in [1.165, 1.54) is 0 Å². The first kappa shape index (κ1) is 17.5. The maximum Gasteiger partial charge on any atom is 0.410 e. The van der Waals surface area contributed by atoms with Gasteiger partial charge in [-0.1, -0.05) is 0 Å². The van der Waals surface area contributed by atoms with Crippen molar-refractivity contribution in [1.29, 1.82) is 0 Å². The van der Waals surface area contributed by atoms with Gasteiger partial charge in [0.2, 0.25) is 5.88 Å². The van der Waals surface area contributed by atoms with Crippen LogP contribution in [0.25, 0.3) is 5.65 Å². The lowest BCUT2D eigenvalue weighted by molar-refractivity contribution is 0.0164. The van der Waals surface area contributed by atoms with Gasteiger partial charge in [0.1, 0.15) is 5.60 Å².